The first-order valence-electron chi connectivity index (χ1n) is 5.31. The number of rotatable bonds is 4. The van der Waals surface area contributed by atoms with Gasteiger partial charge in [-0.1, -0.05) is 6.07 Å². The molecule has 0 unspecified atom stereocenters. The first-order chi connectivity index (χ1) is 8.63. The van der Waals surface area contributed by atoms with Crippen molar-refractivity contribution in [2.24, 2.45) is 0 Å². The fourth-order valence-electron chi connectivity index (χ4n) is 1.40. The van der Waals surface area contributed by atoms with Crippen molar-refractivity contribution in [1.82, 2.24) is 15.0 Å². The summed E-state index contributed by atoms with van der Waals surface area (Å²) in [5, 5.41) is 9.26. The lowest BCUT2D eigenvalue weighted by Gasteiger charge is -2.06. The van der Waals surface area contributed by atoms with E-state index in [1.807, 2.05) is 0 Å². The normalized spacial score (nSPS) is 10.2. The molecule has 0 fully saturated rings. The van der Waals surface area contributed by atoms with E-state index >= 15 is 0 Å². The quantitative estimate of drug-likeness (QED) is 0.713. The van der Waals surface area contributed by atoms with Crippen LogP contribution in [0.1, 0.15) is 5.82 Å². The SMILES string of the molecule is Nc1nc(N)nc(CCOc2cccc(O)c2)n1. The van der Waals surface area contributed by atoms with E-state index in [-0.39, 0.29) is 17.6 Å². The summed E-state index contributed by atoms with van der Waals surface area (Å²) in [5.41, 5.74) is 10.9. The molecule has 0 atom stereocenters. The maximum absolute atomic E-state index is 9.26. The standard InChI is InChI=1S/C11H13N5O2/c12-10-14-9(15-11(13)16-10)4-5-18-8-3-1-2-7(17)6-8/h1-3,6,17H,4-5H2,(H4,12,13,14,15,16). The Morgan fingerprint density at radius 3 is 2.50 bits per heavy atom. The van der Waals surface area contributed by atoms with Crippen molar-refractivity contribution in [3.05, 3.63) is 30.1 Å². The second kappa shape index (κ2) is 5.17. The second-order valence-electron chi connectivity index (χ2n) is 3.56. The molecule has 0 aliphatic carbocycles. The zero-order chi connectivity index (χ0) is 13.0. The Kier molecular flexibility index (Phi) is 3.42. The molecule has 1 heterocycles. The molecule has 0 aliphatic heterocycles. The number of phenols is 1. The molecule has 2 aromatic rings. The Morgan fingerprint density at radius 2 is 1.83 bits per heavy atom. The Hall–Kier alpha value is -2.57. The third-order valence-electron chi connectivity index (χ3n) is 2.13. The van der Waals surface area contributed by atoms with E-state index in [2.05, 4.69) is 15.0 Å². The zero-order valence-corrected chi connectivity index (χ0v) is 9.58. The molecule has 0 aliphatic rings. The molecule has 0 saturated carbocycles. The molecule has 7 heteroatoms. The highest BCUT2D eigenvalue weighted by atomic mass is 16.5. The number of hydrogen-bond acceptors (Lipinski definition) is 7. The van der Waals surface area contributed by atoms with E-state index < -0.39 is 0 Å². The number of hydrogen-bond donors (Lipinski definition) is 3. The van der Waals surface area contributed by atoms with Crippen LogP contribution in [-0.4, -0.2) is 26.7 Å². The number of nitrogen functional groups attached to an aromatic ring is 2. The van der Waals surface area contributed by atoms with Crippen LogP contribution >= 0.6 is 0 Å². The van der Waals surface area contributed by atoms with Crippen LogP contribution in [0.25, 0.3) is 0 Å². The summed E-state index contributed by atoms with van der Waals surface area (Å²) in [6.45, 7) is 0.354. The van der Waals surface area contributed by atoms with E-state index in [1.54, 1.807) is 18.2 Å². The number of anilines is 2. The monoisotopic (exact) mass is 247 g/mol. The first kappa shape index (κ1) is 11.9. The molecule has 0 amide bonds. The van der Waals surface area contributed by atoms with Crippen LogP contribution in [-0.2, 0) is 6.42 Å². The molecule has 7 nitrogen and oxygen atoms in total. The lowest BCUT2D eigenvalue weighted by molar-refractivity contribution is 0.317. The molecule has 94 valence electrons. The number of aromatic nitrogens is 3. The fourth-order valence-corrected chi connectivity index (χ4v) is 1.40. The summed E-state index contributed by atoms with van der Waals surface area (Å²) in [7, 11) is 0. The van der Waals surface area contributed by atoms with Gasteiger partial charge in [-0.3, -0.25) is 0 Å². The molecular weight excluding hydrogens is 234 g/mol. The Morgan fingerprint density at radius 1 is 1.11 bits per heavy atom. The minimum atomic E-state index is 0.0925. The number of aromatic hydroxyl groups is 1. The van der Waals surface area contributed by atoms with Gasteiger partial charge >= 0.3 is 0 Å². The van der Waals surface area contributed by atoms with E-state index in [0.29, 0.717) is 24.6 Å². The molecule has 5 N–H and O–H groups in total. The molecule has 1 aromatic carbocycles. The van der Waals surface area contributed by atoms with Crippen LogP contribution in [0, 0.1) is 0 Å². The van der Waals surface area contributed by atoms with Gasteiger partial charge < -0.3 is 21.3 Å². The Balaban J connectivity index is 1.92. The van der Waals surface area contributed by atoms with Crippen LogP contribution in [0.4, 0.5) is 11.9 Å². The van der Waals surface area contributed by atoms with Gasteiger partial charge in [-0.15, -0.1) is 0 Å². The van der Waals surface area contributed by atoms with Crippen LogP contribution in [0.5, 0.6) is 11.5 Å². The molecule has 0 radical (unpaired) electrons. The van der Waals surface area contributed by atoms with Gasteiger partial charge in [0, 0.05) is 12.5 Å². The first-order valence-corrected chi connectivity index (χ1v) is 5.31. The highest BCUT2D eigenvalue weighted by Gasteiger charge is 2.02. The van der Waals surface area contributed by atoms with E-state index in [1.165, 1.54) is 6.07 Å². The summed E-state index contributed by atoms with van der Waals surface area (Å²) in [4.78, 5) is 11.5. The topological polar surface area (TPSA) is 120 Å². The highest BCUT2D eigenvalue weighted by molar-refractivity contribution is 5.31. The van der Waals surface area contributed by atoms with Gasteiger partial charge in [0.1, 0.15) is 17.3 Å². The third-order valence-corrected chi connectivity index (χ3v) is 2.13. The van der Waals surface area contributed by atoms with Gasteiger partial charge in [-0.25, -0.2) is 0 Å². The Bertz CT molecular complexity index is 526. The predicted molar refractivity (Wildman–Crippen MR) is 66.0 cm³/mol. The number of benzene rings is 1. The lowest BCUT2D eigenvalue weighted by Crippen LogP contribution is -2.10. The largest absolute Gasteiger partial charge is 0.508 e. The van der Waals surface area contributed by atoms with Crippen molar-refractivity contribution in [2.75, 3.05) is 18.1 Å². The smallest absolute Gasteiger partial charge is 0.225 e. The Labute approximate surface area is 103 Å². The molecule has 1 aromatic heterocycles. The lowest BCUT2D eigenvalue weighted by atomic mass is 10.3. The number of nitrogens with two attached hydrogens (primary N) is 2. The van der Waals surface area contributed by atoms with Crippen LogP contribution in [0.15, 0.2) is 24.3 Å². The maximum atomic E-state index is 9.26. The summed E-state index contributed by atoms with van der Waals surface area (Å²) in [6.07, 6.45) is 0.451. The van der Waals surface area contributed by atoms with Crippen LogP contribution in [0.3, 0.4) is 0 Å². The summed E-state index contributed by atoms with van der Waals surface area (Å²) >= 11 is 0. The minimum absolute atomic E-state index is 0.0925. The van der Waals surface area contributed by atoms with Crippen molar-refractivity contribution in [3.63, 3.8) is 0 Å². The number of phenolic OH excluding ortho intramolecular Hbond substituents is 1. The number of ether oxygens (including phenoxy) is 1. The molecular formula is C11H13N5O2. The van der Waals surface area contributed by atoms with Crippen molar-refractivity contribution < 1.29 is 9.84 Å². The van der Waals surface area contributed by atoms with Gasteiger partial charge in [-0.05, 0) is 12.1 Å². The van der Waals surface area contributed by atoms with Crippen LogP contribution < -0.4 is 16.2 Å². The van der Waals surface area contributed by atoms with Gasteiger partial charge in [-0.2, -0.15) is 15.0 Å². The molecule has 2 rings (SSSR count). The fraction of sp³-hybridized carbons (Fsp3) is 0.182. The third kappa shape index (κ3) is 3.21. The average Bonchev–Trinajstić information content (AvgIpc) is 2.27. The van der Waals surface area contributed by atoms with Gasteiger partial charge in [0.05, 0.1) is 6.61 Å². The van der Waals surface area contributed by atoms with Crippen molar-refractivity contribution in [1.29, 1.82) is 0 Å². The zero-order valence-electron chi connectivity index (χ0n) is 9.58. The van der Waals surface area contributed by atoms with Crippen LogP contribution in [0.2, 0.25) is 0 Å². The summed E-state index contributed by atoms with van der Waals surface area (Å²) in [6, 6.07) is 6.54. The van der Waals surface area contributed by atoms with Gasteiger partial charge in [0.2, 0.25) is 11.9 Å². The van der Waals surface area contributed by atoms with Gasteiger partial charge in [0.25, 0.3) is 0 Å². The minimum Gasteiger partial charge on any atom is -0.508 e. The molecule has 0 bridgehead atoms. The van der Waals surface area contributed by atoms with Crippen molar-refractivity contribution in [2.45, 2.75) is 6.42 Å². The molecule has 0 saturated heterocycles. The second-order valence-corrected chi connectivity index (χ2v) is 3.56. The average molecular weight is 247 g/mol. The van der Waals surface area contributed by atoms with E-state index in [0.717, 1.165) is 0 Å². The number of nitrogens with zero attached hydrogens (tertiary/aromatic N) is 3. The maximum Gasteiger partial charge on any atom is 0.225 e. The van der Waals surface area contributed by atoms with Crippen molar-refractivity contribution in [3.8, 4) is 11.5 Å². The molecule has 0 spiro atoms. The summed E-state index contributed by atoms with van der Waals surface area (Å²) < 4.78 is 5.43. The van der Waals surface area contributed by atoms with E-state index in [9.17, 15) is 5.11 Å². The predicted octanol–water partition coefficient (Wildman–Crippen LogP) is 0.363. The van der Waals surface area contributed by atoms with Gasteiger partial charge in [0.15, 0.2) is 0 Å². The molecule has 18 heavy (non-hydrogen) atoms. The van der Waals surface area contributed by atoms with E-state index in [4.69, 9.17) is 16.2 Å². The highest BCUT2D eigenvalue weighted by Crippen LogP contribution is 2.17. The van der Waals surface area contributed by atoms with Crippen molar-refractivity contribution >= 4 is 11.9 Å². The summed E-state index contributed by atoms with van der Waals surface area (Å²) in [5.74, 6) is 1.39.